The van der Waals surface area contributed by atoms with E-state index >= 15 is 0 Å². The second-order valence-corrected chi connectivity index (χ2v) is 9.59. The van der Waals surface area contributed by atoms with Gasteiger partial charge >= 0.3 is 0 Å². The van der Waals surface area contributed by atoms with Crippen molar-refractivity contribution in [3.05, 3.63) is 23.5 Å². The SMILES string of the molecule is COC1=CC(=O)C2O[C@@]3(CC2C1=O)C(C)=CC[C@@H]1C(C)(C)CCC[C@]13C. The number of fused-ring (bicyclic) bond motifs is 3. The molecule has 4 aliphatic rings. The van der Waals surface area contributed by atoms with Crippen molar-refractivity contribution in [3.8, 4) is 0 Å². The molecule has 0 aromatic rings. The van der Waals surface area contributed by atoms with Crippen LogP contribution in [0.5, 0.6) is 0 Å². The largest absolute Gasteiger partial charge is 0.493 e. The predicted molar refractivity (Wildman–Crippen MR) is 98.4 cm³/mol. The molecule has 5 atom stereocenters. The quantitative estimate of drug-likeness (QED) is 0.665. The Morgan fingerprint density at radius 2 is 1.92 bits per heavy atom. The molecule has 1 spiro atoms. The van der Waals surface area contributed by atoms with Crippen molar-refractivity contribution >= 4 is 11.6 Å². The molecule has 26 heavy (non-hydrogen) atoms. The number of ether oxygens (including phenoxy) is 2. The first-order valence-corrected chi connectivity index (χ1v) is 9.85. The van der Waals surface area contributed by atoms with Crippen LogP contribution in [0.25, 0.3) is 0 Å². The Bertz CT molecular complexity index is 730. The molecular formula is C22H30O4. The molecule has 142 valence electrons. The molecule has 2 unspecified atom stereocenters. The van der Waals surface area contributed by atoms with Crippen molar-refractivity contribution < 1.29 is 19.1 Å². The van der Waals surface area contributed by atoms with Gasteiger partial charge in [0.25, 0.3) is 0 Å². The van der Waals surface area contributed by atoms with Crippen LogP contribution in [-0.2, 0) is 19.1 Å². The van der Waals surface area contributed by atoms with E-state index in [1.165, 1.54) is 25.2 Å². The first kappa shape index (κ1) is 18.0. The van der Waals surface area contributed by atoms with Gasteiger partial charge in [0.05, 0.1) is 18.6 Å². The highest BCUT2D eigenvalue weighted by Crippen LogP contribution is 2.66. The van der Waals surface area contributed by atoms with Gasteiger partial charge in [0.1, 0.15) is 6.10 Å². The average molecular weight is 358 g/mol. The van der Waals surface area contributed by atoms with Crippen LogP contribution in [0, 0.1) is 22.7 Å². The van der Waals surface area contributed by atoms with Gasteiger partial charge in [-0.25, -0.2) is 0 Å². The van der Waals surface area contributed by atoms with Gasteiger partial charge in [0.2, 0.25) is 5.78 Å². The number of carbonyl (C=O) groups is 2. The summed E-state index contributed by atoms with van der Waals surface area (Å²) in [6, 6.07) is 0. The highest BCUT2D eigenvalue weighted by molar-refractivity contribution is 6.11. The van der Waals surface area contributed by atoms with Gasteiger partial charge in [0, 0.05) is 11.5 Å². The molecule has 0 radical (unpaired) electrons. The van der Waals surface area contributed by atoms with E-state index in [1.54, 1.807) is 0 Å². The van der Waals surface area contributed by atoms with Crippen LogP contribution in [0.1, 0.15) is 59.8 Å². The first-order valence-electron chi connectivity index (χ1n) is 9.85. The topological polar surface area (TPSA) is 52.6 Å². The number of ketones is 2. The molecule has 3 aliphatic carbocycles. The van der Waals surface area contributed by atoms with Crippen LogP contribution in [0.2, 0.25) is 0 Å². The molecule has 2 fully saturated rings. The fraction of sp³-hybridized carbons (Fsp3) is 0.727. The molecule has 0 N–H and O–H groups in total. The third-order valence-corrected chi connectivity index (χ3v) is 8.00. The third kappa shape index (κ3) is 2.11. The van der Waals surface area contributed by atoms with Gasteiger partial charge in [-0.05, 0) is 49.5 Å². The first-order chi connectivity index (χ1) is 12.2. The lowest BCUT2D eigenvalue weighted by Crippen LogP contribution is -2.59. The molecule has 1 heterocycles. The van der Waals surface area contributed by atoms with Crippen molar-refractivity contribution in [3.63, 3.8) is 0 Å². The van der Waals surface area contributed by atoms with Crippen LogP contribution in [0.3, 0.4) is 0 Å². The van der Waals surface area contributed by atoms with E-state index in [2.05, 4.69) is 33.8 Å². The molecule has 1 aliphatic heterocycles. The summed E-state index contributed by atoms with van der Waals surface area (Å²) in [5.74, 6) is 0.0404. The molecule has 0 aromatic heterocycles. The summed E-state index contributed by atoms with van der Waals surface area (Å²) in [5.41, 5.74) is 0.852. The van der Waals surface area contributed by atoms with Crippen molar-refractivity contribution in [1.82, 2.24) is 0 Å². The zero-order chi connectivity index (χ0) is 18.9. The number of carbonyl (C=O) groups excluding carboxylic acids is 2. The Kier molecular flexibility index (Phi) is 3.83. The minimum absolute atomic E-state index is 0.0568. The maximum atomic E-state index is 12.9. The van der Waals surface area contributed by atoms with Crippen molar-refractivity contribution in [1.29, 1.82) is 0 Å². The van der Waals surface area contributed by atoms with E-state index in [-0.39, 0.29) is 28.2 Å². The monoisotopic (exact) mass is 358 g/mol. The van der Waals surface area contributed by atoms with Crippen LogP contribution in [0.15, 0.2) is 23.5 Å². The van der Waals surface area contributed by atoms with E-state index < -0.39 is 17.6 Å². The summed E-state index contributed by atoms with van der Waals surface area (Å²) >= 11 is 0. The normalized spacial score (nSPS) is 44.3. The van der Waals surface area contributed by atoms with Gasteiger partial charge in [-0.2, -0.15) is 0 Å². The zero-order valence-corrected chi connectivity index (χ0v) is 16.6. The van der Waals surface area contributed by atoms with E-state index in [0.717, 1.165) is 19.3 Å². The molecule has 4 heteroatoms. The van der Waals surface area contributed by atoms with Crippen LogP contribution in [-0.4, -0.2) is 30.4 Å². The minimum Gasteiger partial charge on any atom is -0.493 e. The fourth-order valence-electron chi connectivity index (χ4n) is 6.59. The van der Waals surface area contributed by atoms with Gasteiger partial charge in [-0.3, -0.25) is 9.59 Å². The van der Waals surface area contributed by atoms with E-state index in [9.17, 15) is 9.59 Å². The summed E-state index contributed by atoms with van der Waals surface area (Å²) in [4.78, 5) is 25.5. The lowest BCUT2D eigenvalue weighted by molar-refractivity contribution is -0.171. The number of rotatable bonds is 1. The average Bonchev–Trinajstić information content (AvgIpc) is 2.99. The van der Waals surface area contributed by atoms with E-state index in [4.69, 9.17) is 9.47 Å². The second-order valence-electron chi connectivity index (χ2n) is 9.59. The summed E-state index contributed by atoms with van der Waals surface area (Å²) in [7, 11) is 1.45. The number of Topliss-reactive ketones (excluding diaryl/α,β-unsaturated/α-hetero) is 1. The van der Waals surface area contributed by atoms with Gasteiger partial charge in [-0.15, -0.1) is 0 Å². The molecular weight excluding hydrogens is 328 g/mol. The third-order valence-electron chi connectivity index (χ3n) is 8.00. The second kappa shape index (κ2) is 5.54. The van der Waals surface area contributed by atoms with Crippen molar-refractivity contribution in [2.45, 2.75) is 71.5 Å². The Balaban J connectivity index is 1.80. The van der Waals surface area contributed by atoms with Crippen LogP contribution >= 0.6 is 0 Å². The van der Waals surface area contributed by atoms with E-state index in [0.29, 0.717) is 12.3 Å². The Morgan fingerprint density at radius 3 is 2.62 bits per heavy atom. The standard InChI is InChI=1S/C22H30O4/c1-13-7-8-17-20(2,3)9-6-10-21(17,4)22(13)12-14-18(24)16(25-5)11-15(23)19(14)26-22/h7,11,14,17,19H,6,8-10,12H2,1-5H3/t14?,17-,19?,21-,22+/m1/s1. The molecule has 0 bridgehead atoms. The maximum Gasteiger partial charge on any atom is 0.203 e. The number of hydrogen-bond donors (Lipinski definition) is 0. The molecule has 1 saturated heterocycles. The van der Waals surface area contributed by atoms with Gasteiger partial charge in [-0.1, -0.05) is 33.3 Å². The van der Waals surface area contributed by atoms with Crippen LogP contribution in [0.4, 0.5) is 0 Å². The zero-order valence-electron chi connectivity index (χ0n) is 16.6. The number of hydrogen-bond acceptors (Lipinski definition) is 4. The van der Waals surface area contributed by atoms with E-state index in [1.807, 2.05) is 0 Å². The predicted octanol–water partition coefficient (Wildman–Crippen LogP) is 4.00. The number of allylic oxidation sites excluding steroid dienone is 2. The summed E-state index contributed by atoms with van der Waals surface area (Å²) in [6.45, 7) is 9.19. The molecule has 1 saturated carbocycles. The Hall–Kier alpha value is -1.42. The summed E-state index contributed by atoms with van der Waals surface area (Å²) < 4.78 is 11.8. The Labute approximate surface area is 156 Å². The van der Waals surface area contributed by atoms with Crippen molar-refractivity contribution in [2.75, 3.05) is 7.11 Å². The van der Waals surface area contributed by atoms with Gasteiger partial charge < -0.3 is 9.47 Å². The maximum absolute atomic E-state index is 12.9. The Morgan fingerprint density at radius 1 is 1.19 bits per heavy atom. The molecule has 0 aromatic carbocycles. The fourth-order valence-corrected chi connectivity index (χ4v) is 6.59. The molecule has 4 nitrogen and oxygen atoms in total. The lowest BCUT2D eigenvalue weighted by atomic mass is 9.46. The van der Waals surface area contributed by atoms with Crippen molar-refractivity contribution in [2.24, 2.45) is 22.7 Å². The summed E-state index contributed by atoms with van der Waals surface area (Å²) in [5, 5.41) is 0. The minimum atomic E-state index is -0.662. The molecule has 0 amide bonds. The van der Waals surface area contributed by atoms with Gasteiger partial charge in [0.15, 0.2) is 11.5 Å². The van der Waals surface area contributed by atoms with Crippen LogP contribution < -0.4 is 0 Å². The summed E-state index contributed by atoms with van der Waals surface area (Å²) in [6.07, 6.45) is 8.08. The number of methoxy groups -OCH3 is 1. The highest BCUT2D eigenvalue weighted by Gasteiger charge is 2.66. The lowest BCUT2D eigenvalue weighted by Gasteiger charge is -2.61. The molecule has 4 rings (SSSR count). The smallest absolute Gasteiger partial charge is 0.203 e. The highest BCUT2D eigenvalue weighted by atomic mass is 16.5.